The Balaban J connectivity index is 1.11. The molecule has 2 aromatic carbocycles. The number of rotatable bonds is 13. The second kappa shape index (κ2) is 14.3. The molecule has 12 heteroatoms. The van der Waals surface area contributed by atoms with E-state index in [2.05, 4.69) is 32.3 Å². The summed E-state index contributed by atoms with van der Waals surface area (Å²) in [6.07, 6.45) is 4.24. The van der Waals surface area contributed by atoms with Crippen molar-refractivity contribution in [2.45, 2.75) is 44.1 Å². The Morgan fingerprint density at radius 1 is 1.02 bits per heavy atom. The summed E-state index contributed by atoms with van der Waals surface area (Å²) in [5.74, 6) is -0.128. The summed E-state index contributed by atoms with van der Waals surface area (Å²) in [5.41, 5.74) is 10.6. The Morgan fingerprint density at radius 2 is 1.80 bits per heavy atom. The maximum Gasteiger partial charge on any atom is 0.226 e. The topological polar surface area (TPSA) is 130 Å². The molecule has 0 bridgehead atoms. The first-order chi connectivity index (χ1) is 22.3. The van der Waals surface area contributed by atoms with E-state index in [0.29, 0.717) is 36.2 Å². The van der Waals surface area contributed by atoms with E-state index in [1.807, 2.05) is 65.1 Å². The largest absolute Gasteiger partial charge is 0.390 e. The summed E-state index contributed by atoms with van der Waals surface area (Å²) in [4.78, 5) is 10.9. The number of aliphatic hydroxyl groups is 2. The fraction of sp³-hybridized carbons (Fsp3) is 0.382. The highest BCUT2D eigenvalue weighted by molar-refractivity contribution is 6.29. The van der Waals surface area contributed by atoms with Gasteiger partial charge in [-0.05, 0) is 86.9 Å². The third-order valence-electron chi connectivity index (χ3n) is 8.85. The molecule has 46 heavy (non-hydrogen) atoms. The zero-order valence-electron chi connectivity index (χ0n) is 25.8. The Hall–Kier alpha value is -3.87. The van der Waals surface area contributed by atoms with Gasteiger partial charge >= 0.3 is 0 Å². The van der Waals surface area contributed by atoms with Gasteiger partial charge in [0.1, 0.15) is 23.4 Å². The molecule has 5 aromatic rings. The lowest BCUT2D eigenvalue weighted by Crippen LogP contribution is -2.35. The fourth-order valence-corrected chi connectivity index (χ4v) is 6.66. The van der Waals surface area contributed by atoms with Crippen LogP contribution in [0.15, 0.2) is 73.1 Å². The highest BCUT2D eigenvalue weighted by Crippen LogP contribution is 2.41. The van der Waals surface area contributed by atoms with Crippen molar-refractivity contribution in [3.8, 4) is 11.3 Å². The van der Waals surface area contributed by atoms with Crippen LogP contribution in [0.1, 0.15) is 30.0 Å². The Kier molecular flexibility index (Phi) is 9.95. The Labute approximate surface area is 272 Å². The van der Waals surface area contributed by atoms with Crippen molar-refractivity contribution in [1.82, 2.24) is 34.5 Å². The van der Waals surface area contributed by atoms with E-state index in [0.717, 1.165) is 49.2 Å². The minimum atomic E-state index is -0.999. The number of halogens is 2. The fourth-order valence-electron chi connectivity index (χ4n) is 6.49. The van der Waals surface area contributed by atoms with Crippen molar-refractivity contribution in [3.05, 3.63) is 95.3 Å². The van der Waals surface area contributed by atoms with Gasteiger partial charge in [0.25, 0.3) is 0 Å². The molecule has 1 aliphatic carbocycles. The number of aromatic nitrogens is 5. The number of nitrogens with zero attached hydrogens (tertiary/aromatic N) is 6. The van der Waals surface area contributed by atoms with Crippen LogP contribution >= 0.6 is 11.6 Å². The first-order valence-electron chi connectivity index (χ1n) is 15.7. The summed E-state index contributed by atoms with van der Waals surface area (Å²) in [6, 6.07) is 18.2. The monoisotopic (exact) mass is 646 g/mol. The molecule has 0 spiro atoms. The molecular formula is C34H40ClFN8O2. The van der Waals surface area contributed by atoms with Gasteiger partial charge in [-0.1, -0.05) is 42.5 Å². The van der Waals surface area contributed by atoms with Crippen LogP contribution in [0.5, 0.6) is 0 Å². The van der Waals surface area contributed by atoms with E-state index >= 15 is 0 Å². The Bertz CT molecular complexity index is 1750. The van der Waals surface area contributed by atoms with E-state index < -0.39 is 18.2 Å². The molecule has 0 radical (unpaired) electrons. The van der Waals surface area contributed by atoms with Crippen LogP contribution in [-0.4, -0.2) is 84.9 Å². The molecule has 0 unspecified atom stereocenters. The number of nitrogens with one attached hydrogen (secondary N) is 1. The Morgan fingerprint density at radius 3 is 2.59 bits per heavy atom. The summed E-state index contributed by atoms with van der Waals surface area (Å²) in [7, 11) is 2.04. The third kappa shape index (κ3) is 7.24. The summed E-state index contributed by atoms with van der Waals surface area (Å²) >= 11 is 6.26. The molecule has 1 fully saturated rings. The van der Waals surface area contributed by atoms with Crippen molar-refractivity contribution >= 4 is 28.5 Å². The van der Waals surface area contributed by atoms with Crippen LogP contribution in [0, 0.1) is 11.7 Å². The minimum Gasteiger partial charge on any atom is -0.390 e. The second-order valence-corrected chi connectivity index (χ2v) is 12.5. The molecule has 242 valence electrons. The molecule has 5 N–H and O–H groups in total. The predicted molar refractivity (Wildman–Crippen MR) is 178 cm³/mol. The first kappa shape index (κ1) is 32.1. The molecule has 1 saturated carbocycles. The molecule has 1 aliphatic rings. The van der Waals surface area contributed by atoms with E-state index in [1.54, 1.807) is 0 Å². The average molecular weight is 647 g/mol. The van der Waals surface area contributed by atoms with Gasteiger partial charge in [-0.3, -0.25) is 4.68 Å². The average Bonchev–Trinajstić information content (AvgIpc) is 3.73. The van der Waals surface area contributed by atoms with Gasteiger partial charge in [-0.15, -0.1) is 0 Å². The standard InChI is InChI=1S/C34H40ClFN8O2/c1-42(16-5-14-38-15-12-22-8-10-25(36)11-9-22)20-24-18-28(31(46)30(24)45)44-21-26(29-32(37)39-34(35)40-33(29)44)27-13-17-43(41-27)19-23-6-3-2-4-7-23/h2-4,6-11,13,17,21,24,28,30-31,38,45-46H,5,12,14-16,18-20H2,1H3,(H2,37,39,40)/t24-,28-,30-,31+/m1/s1. The number of hydrogen-bond acceptors (Lipinski definition) is 8. The minimum absolute atomic E-state index is 0.0149. The van der Waals surface area contributed by atoms with Gasteiger partial charge in [-0.25, -0.2) is 9.37 Å². The highest BCUT2D eigenvalue weighted by atomic mass is 35.5. The van der Waals surface area contributed by atoms with Crippen molar-refractivity contribution < 1.29 is 14.6 Å². The lowest BCUT2D eigenvalue weighted by Gasteiger charge is -2.23. The lowest BCUT2D eigenvalue weighted by atomic mass is 10.1. The molecule has 0 saturated heterocycles. The summed E-state index contributed by atoms with van der Waals surface area (Å²) in [6.45, 7) is 3.77. The van der Waals surface area contributed by atoms with Crippen molar-refractivity contribution in [2.24, 2.45) is 5.92 Å². The maximum absolute atomic E-state index is 13.1. The van der Waals surface area contributed by atoms with Gasteiger partial charge in [0.2, 0.25) is 5.28 Å². The normalized spacial score (nSPS) is 19.9. The van der Waals surface area contributed by atoms with E-state index in [1.165, 1.54) is 12.1 Å². The van der Waals surface area contributed by atoms with Crippen LogP contribution in [0.4, 0.5) is 10.2 Å². The summed E-state index contributed by atoms with van der Waals surface area (Å²) in [5, 5.41) is 31.3. The van der Waals surface area contributed by atoms with E-state index in [-0.39, 0.29) is 22.8 Å². The van der Waals surface area contributed by atoms with E-state index in [9.17, 15) is 14.6 Å². The van der Waals surface area contributed by atoms with Crippen molar-refractivity contribution in [3.63, 3.8) is 0 Å². The predicted octanol–water partition coefficient (Wildman–Crippen LogP) is 4.15. The van der Waals surface area contributed by atoms with Gasteiger partial charge in [0.15, 0.2) is 0 Å². The number of anilines is 1. The number of aliphatic hydroxyl groups excluding tert-OH is 2. The highest BCUT2D eigenvalue weighted by Gasteiger charge is 2.43. The molecule has 6 rings (SSSR count). The molecule has 10 nitrogen and oxygen atoms in total. The molecule has 3 aromatic heterocycles. The molecule has 3 heterocycles. The maximum atomic E-state index is 13.1. The summed E-state index contributed by atoms with van der Waals surface area (Å²) < 4.78 is 16.8. The van der Waals surface area contributed by atoms with Crippen LogP contribution in [0.2, 0.25) is 5.28 Å². The second-order valence-electron chi connectivity index (χ2n) is 12.2. The third-order valence-corrected chi connectivity index (χ3v) is 9.02. The van der Waals surface area contributed by atoms with Gasteiger partial charge in [0.05, 0.1) is 29.8 Å². The van der Waals surface area contributed by atoms with Crippen molar-refractivity contribution in [2.75, 3.05) is 39.0 Å². The van der Waals surface area contributed by atoms with Crippen LogP contribution in [0.3, 0.4) is 0 Å². The van der Waals surface area contributed by atoms with Gasteiger partial charge < -0.3 is 30.7 Å². The van der Waals surface area contributed by atoms with Crippen molar-refractivity contribution in [1.29, 1.82) is 0 Å². The van der Waals surface area contributed by atoms with Gasteiger partial charge in [0, 0.05) is 30.4 Å². The molecule has 0 aliphatic heterocycles. The van der Waals surface area contributed by atoms with Crippen LogP contribution < -0.4 is 11.1 Å². The van der Waals surface area contributed by atoms with Gasteiger partial charge in [-0.2, -0.15) is 10.1 Å². The smallest absolute Gasteiger partial charge is 0.226 e. The number of nitrogen functional groups attached to an aromatic ring is 1. The number of fused-ring (bicyclic) bond motifs is 1. The SMILES string of the molecule is CN(CCCNCCc1ccc(F)cc1)C[C@H]1C[C@@H](n2cc(-c3ccn(Cc4ccccc4)n3)c3c(N)nc(Cl)nc32)[C@H](O)[C@@H]1O. The lowest BCUT2D eigenvalue weighted by molar-refractivity contribution is 0.00170. The quantitative estimate of drug-likeness (QED) is 0.111. The molecule has 0 amide bonds. The zero-order valence-corrected chi connectivity index (χ0v) is 26.6. The molecular weight excluding hydrogens is 607 g/mol. The molecule has 4 atom stereocenters. The van der Waals surface area contributed by atoms with Crippen LogP contribution in [0.25, 0.3) is 22.3 Å². The number of benzene rings is 2. The number of nitrogens with two attached hydrogens (primary N) is 1. The van der Waals surface area contributed by atoms with E-state index in [4.69, 9.17) is 22.4 Å². The number of hydrogen-bond donors (Lipinski definition) is 4. The first-order valence-corrected chi connectivity index (χ1v) is 16.1. The van der Waals surface area contributed by atoms with Crippen LogP contribution in [-0.2, 0) is 13.0 Å². The zero-order chi connectivity index (χ0) is 32.2.